The zero-order valence-electron chi connectivity index (χ0n) is 18.2. The summed E-state index contributed by atoms with van der Waals surface area (Å²) in [6.45, 7) is 3.93. The van der Waals surface area contributed by atoms with Gasteiger partial charge in [0, 0.05) is 36.4 Å². The normalized spacial score (nSPS) is 14.8. The maximum Gasteiger partial charge on any atom is 0.264 e. The third-order valence-electron chi connectivity index (χ3n) is 6.28. The number of ether oxygens (including phenoxy) is 1. The second kappa shape index (κ2) is 8.50. The van der Waals surface area contributed by atoms with Crippen LogP contribution in [0.3, 0.4) is 0 Å². The fourth-order valence-corrected chi connectivity index (χ4v) is 4.67. The molecule has 0 saturated heterocycles. The van der Waals surface area contributed by atoms with Gasteiger partial charge in [0.2, 0.25) is 0 Å². The number of hydrogen-bond donors (Lipinski definition) is 0. The van der Waals surface area contributed by atoms with Gasteiger partial charge >= 0.3 is 0 Å². The molecule has 5 rings (SSSR count). The Hall–Kier alpha value is -3.60. The minimum Gasteiger partial charge on any atom is -0.483 e. The summed E-state index contributed by atoms with van der Waals surface area (Å²) in [4.78, 5) is 29.6. The molecule has 0 aromatic heterocycles. The number of para-hydroxylation sites is 1. The first-order chi connectivity index (χ1) is 15.6. The molecule has 0 radical (unpaired) electrons. The summed E-state index contributed by atoms with van der Waals surface area (Å²) < 4.78 is 5.95. The van der Waals surface area contributed by atoms with E-state index in [-0.39, 0.29) is 18.4 Å². The quantitative estimate of drug-likeness (QED) is 0.616. The topological polar surface area (TPSA) is 49.9 Å². The maximum absolute atomic E-state index is 13.1. The number of benzene rings is 3. The smallest absolute Gasteiger partial charge is 0.264 e. The van der Waals surface area contributed by atoms with E-state index < -0.39 is 0 Å². The number of carbonyl (C=O) groups is 2. The molecule has 0 spiro atoms. The molecule has 5 nitrogen and oxygen atoms in total. The first kappa shape index (κ1) is 20.3. The van der Waals surface area contributed by atoms with Crippen LogP contribution in [-0.2, 0) is 24.2 Å². The van der Waals surface area contributed by atoms with Crippen LogP contribution in [0, 0.1) is 6.92 Å². The van der Waals surface area contributed by atoms with Crippen molar-refractivity contribution >= 4 is 17.5 Å². The van der Waals surface area contributed by atoms with Crippen LogP contribution in [0.2, 0.25) is 0 Å². The lowest BCUT2D eigenvalue weighted by Gasteiger charge is -2.30. The minimum absolute atomic E-state index is 0.0120. The summed E-state index contributed by atoms with van der Waals surface area (Å²) in [5.41, 5.74) is 6.04. The molecule has 0 atom stereocenters. The average Bonchev–Trinajstić information content (AvgIpc) is 3.24. The molecular weight excluding hydrogens is 400 g/mol. The van der Waals surface area contributed by atoms with E-state index in [9.17, 15) is 9.59 Å². The Morgan fingerprint density at radius 1 is 0.969 bits per heavy atom. The lowest BCUT2D eigenvalue weighted by Crippen LogP contribution is -2.37. The highest BCUT2D eigenvalue weighted by Gasteiger charge is 2.28. The standard InChI is InChI=1S/C27H26N2O3/c1-19-6-4-7-20(16-19)17-28-14-13-22-23(27(28)31)9-5-11-25(22)32-18-26(30)29-15-12-21-8-2-3-10-24(21)29/h2-11,16H,12-15,17-18H2,1H3. The van der Waals surface area contributed by atoms with E-state index >= 15 is 0 Å². The maximum atomic E-state index is 13.1. The van der Waals surface area contributed by atoms with Gasteiger partial charge in [0.05, 0.1) is 0 Å². The van der Waals surface area contributed by atoms with Gasteiger partial charge in [0.15, 0.2) is 6.61 Å². The van der Waals surface area contributed by atoms with E-state index in [0.717, 1.165) is 23.2 Å². The van der Waals surface area contributed by atoms with E-state index in [1.807, 2.05) is 47.4 Å². The van der Waals surface area contributed by atoms with Crippen molar-refractivity contribution in [2.24, 2.45) is 0 Å². The Labute approximate surface area is 188 Å². The van der Waals surface area contributed by atoms with E-state index in [1.54, 1.807) is 4.90 Å². The minimum atomic E-state index is -0.0595. The number of hydrogen-bond acceptors (Lipinski definition) is 3. The second-order valence-electron chi connectivity index (χ2n) is 8.46. The van der Waals surface area contributed by atoms with E-state index in [1.165, 1.54) is 11.1 Å². The Balaban J connectivity index is 1.28. The monoisotopic (exact) mass is 426 g/mol. The van der Waals surface area contributed by atoms with Crippen molar-refractivity contribution in [3.8, 4) is 5.75 Å². The summed E-state index contributed by atoms with van der Waals surface area (Å²) >= 11 is 0. The van der Waals surface area contributed by atoms with Crippen molar-refractivity contribution in [2.45, 2.75) is 26.3 Å². The van der Waals surface area contributed by atoms with Crippen molar-refractivity contribution in [3.63, 3.8) is 0 Å². The van der Waals surface area contributed by atoms with Crippen LogP contribution in [0.25, 0.3) is 0 Å². The van der Waals surface area contributed by atoms with Crippen LogP contribution < -0.4 is 9.64 Å². The number of rotatable bonds is 5. The van der Waals surface area contributed by atoms with Gasteiger partial charge in [-0.05, 0) is 49.1 Å². The molecule has 0 fully saturated rings. The summed E-state index contributed by atoms with van der Waals surface area (Å²) in [6, 6.07) is 21.8. The molecule has 162 valence electrons. The highest BCUT2D eigenvalue weighted by Crippen LogP contribution is 2.30. The van der Waals surface area contributed by atoms with Gasteiger partial charge in [-0.15, -0.1) is 0 Å². The van der Waals surface area contributed by atoms with Crippen molar-refractivity contribution < 1.29 is 14.3 Å². The van der Waals surface area contributed by atoms with Gasteiger partial charge in [0.1, 0.15) is 5.75 Å². The Morgan fingerprint density at radius 2 is 1.81 bits per heavy atom. The van der Waals surface area contributed by atoms with Gasteiger partial charge in [-0.2, -0.15) is 0 Å². The van der Waals surface area contributed by atoms with E-state index in [0.29, 0.717) is 37.4 Å². The highest BCUT2D eigenvalue weighted by molar-refractivity contribution is 5.98. The van der Waals surface area contributed by atoms with Crippen LogP contribution in [0.4, 0.5) is 5.69 Å². The largest absolute Gasteiger partial charge is 0.483 e. The molecule has 3 aromatic rings. The van der Waals surface area contributed by atoms with E-state index in [4.69, 9.17) is 4.74 Å². The summed E-state index contributed by atoms with van der Waals surface area (Å²) in [6.07, 6.45) is 1.58. The third-order valence-corrected chi connectivity index (χ3v) is 6.28. The summed E-state index contributed by atoms with van der Waals surface area (Å²) in [5, 5.41) is 0. The summed E-state index contributed by atoms with van der Waals surface area (Å²) in [7, 11) is 0. The number of nitrogens with zero attached hydrogens (tertiary/aromatic N) is 2. The van der Waals surface area contributed by atoms with Gasteiger partial charge < -0.3 is 14.5 Å². The number of amides is 2. The molecule has 2 heterocycles. The number of anilines is 1. The third kappa shape index (κ3) is 3.86. The van der Waals surface area contributed by atoms with Crippen molar-refractivity contribution in [2.75, 3.05) is 24.6 Å². The highest BCUT2D eigenvalue weighted by atomic mass is 16.5. The molecule has 2 amide bonds. The van der Waals surface area contributed by atoms with Gasteiger partial charge in [-0.3, -0.25) is 9.59 Å². The van der Waals surface area contributed by atoms with Crippen LogP contribution in [-0.4, -0.2) is 36.4 Å². The molecule has 3 aromatic carbocycles. The molecule has 0 aliphatic carbocycles. The molecule has 2 aliphatic heterocycles. The molecule has 5 heteroatoms. The number of aryl methyl sites for hydroxylation is 1. The fraction of sp³-hybridized carbons (Fsp3) is 0.259. The zero-order valence-corrected chi connectivity index (χ0v) is 18.2. The predicted octanol–water partition coefficient (Wildman–Crippen LogP) is 4.16. The fourth-order valence-electron chi connectivity index (χ4n) is 4.67. The number of fused-ring (bicyclic) bond motifs is 2. The van der Waals surface area contributed by atoms with Crippen LogP contribution in [0.1, 0.15) is 32.6 Å². The van der Waals surface area contributed by atoms with Crippen LogP contribution in [0.5, 0.6) is 5.75 Å². The SMILES string of the molecule is Cc1cccc(CN2CCc3c(OCC(=O)N4CCc5ccccc54)cccc3C2=O)c1. The predicted molar refractivity (Wildman–Crippen MR) is 124 cm³/mol. The molecule has 32 heavy (non-hydrogen) atoms. The van der Waals surface area contributed by atoms with Crippen molar-refractivity contribution in [1.82, 2.24) is 4.90 Å². The zero-order chi connectivity index (χ0) is 22.1. The second-order valence-corrected chi connectivity index (χ2v) is 8.46. The van der Waals surface area contributed by atoms with Crippen LogP contribution >= 0.6 is 0 Å². The lowest BCUT2D eigenvalue weighted by molar-refractivity contribution is -0.120. The Kier molecular flexibility index (Phi) is 5.39. The molecule has 0 bridgehead atoms. The summed E-state index contributed by atoms with van der Waals surface area (Å²) in [5.74, 6) is 0.584. The first-order valence-electron chi connectivity index (χ1n) is 11.1. The Bertz CT molecular complexity index is 1190. The van der Waals surface area contributed by atoms with Gasteiger partial charge in [-0.25, -0.2) is 0 Å². The van der Waals surface area contributed by atoms with Crippen molar-refractivity contribution in [3.05, 3.63) is 94.5 Å². The molecular formula is C27H26N2O3. The van der Waals surface area contributed by atoms with Gasteiger partial charge in [0.25, 0.3) is 11.8 Å². The average molecular weight is 427 g/mol. The van der Waals surface area contributed by atoms with E-state index in [2.05, 4.69) is 31.2 Å². The Morgan fingerprint density at radius 3 is 2.69 bits per heavy atom. The van der Waals surface area contributed by atoms with Gasteiger partial charge in [-0.1, -0.05) is 54.1 Å². The molecule has 0 N–H and O–H groups in total. The van der Waals surface area contributed by atoms with Crippen molar-refractivity contribution in [1.29, 1.82) is 0 Å². The van der Waals surface area contributed by atoms with Crippen LogP contribution in [0.15, 0.2) is 66.7 Å². The molecule has 0 saturated carbocycles. The molecule has 2 aliphatic rings. The number of carbonyl (C=O) groups excluding carboxylic acids is 2. The lowest BCUT2D eigenvalue weighted by atomic mass is 9.97. The molecule has 0 unspecified atom stereocenters. The first-order valence-corrected chi connectivity index (χ1v) is 11.1.